The number of anilines is 1. The Bertz CT molecular complexity index is 884. The van der Waals surface area contributed by atoms with Gasteiger partial charge in [0, 0.05) is 30.1 Å². The molecule has 3 aromatic rings. The highest BCUT2D eigenvalue weighted by atomic mass is 14.9. The van der Waals surface area contributed by atoms with Crippen LogP contribution in [0, 0.1) is 18.3 Å². The molecule has 0 amide bonds. The van der Waals surface area contributed by atoms with Crippen LogP contribution in [0.3, 0.4) is 0 Å². The van der Waals surface area contributed by atoms with Crippen molar-refractivity contribution >= 4 is 5.82 Å². The van der Waals surface area contributed by atoms with Crippen molar-refractivity contribution in [3.8, 4) is 28.6 Å². The highest BCUT2D eigenvalue weighted by molar-refractivity contribution is 5.79. The molecule has 0 saturated carbocycles. The summed E-state index contributed by atoms with van der Waals surface area (Å²) in [6.45, 7) is 2.04. The second kappa shape index (κ2) is 5.38. The van der Waals surface area contributed by atoms with E-state index in [-0.39, 0.29) is 5.82 Å². The van der Waals surface area contributed by atoms with Crippen molar-refractivity contribution in [1.29, 1.82) is 5.26 Å². The lowest BCUT2D eigenvalue weighted by molar-refractivity contribution is 0.936. The fourth-order valence-corrected chi connectivity index (χ4v) is 2.58. The maximum absolute atomic E-state index is 9.42. The van der Waals surface area contributed by atoms with Gasteiger partial charge in [0.2, 0.25) is 0 Å². The fourth-order valence-electron chi connectivity index (χ4n) is 2.58. The second-order valence-corrected chi connectivity index (χ2v) is 5.30. The molecule has 2 N–H and O–H groups in total. The molecule has 0 aliphatic heterocycles. The zero-order valence-electron chi connectivity index (χ0n) is 12.5. The number of nitrogen functional groups attached to an aromatic ring is 1. The molecule has 0 saturated heterocycles. The van der Waals surface area contributed by atoms with Gasteiger partial charge in [-0.2, -0.15) is 5.26 Å². The van der Waals surface area contributed by atoms with Gasteiger partial charge in [-0.1, -0.05) is 23.8 Å². The molecule has 22 heavy (non-hydrogen) atoms. The van der Waals surface area contributed by atoms with Gasteiger partial charge in [-0.05, 0) is 31.2 Å². The number of benzene rings is 1. The summed E-state index contributed by atoms with van der Waals surface area (Å²) < 4.78 is 1.97. The van der Waals surface area contributed by atoms with E-state index in [2.05, 4.69) is 17.1 Å². The van der Waals surface area contributed by atoms with E-state index >= 15 is 0 Å². The first-order valence-corrected chi connectivity index (χ1v) is 6.99. The molecule has 108 valence electrons. The summed E-state index contributed by atoms with van der Waals surface area (Å²) in [6, 6.07) is 16.1. The van der Waals surface area contributed by atoms with Crippen LogP contribution in [0.4, 0.5) is 5.82 Å². The molecule has 0 spiro atoms. The van der Waals surface area contributed by atoms with Crippen LogP contribution < -0.4 is 5.73 Å². The van der Waals surface area contributed by atoms with Crippen molar-refractivity contribution in [2.24, 2.45) is 7.05 Å². The molecule has 0 radical (unpaired) electrons. The third kappa shape index (κ3) is 2.33. The van der Waals surface area contributed by atoms with Crippen LogP contribution in [0.2, 0.25) is 0 Å². The summed E-state index contributed by atoms with van der Waals surface area (Å²) in [5, 5.41) is 9.42. The van der Waals surface area contributed by atoms with Gasteiger partial charge < -0.3 is 10.3 Å². The zero-order chi connectivity index (χ0) is 15.7. The monoisotopic (exact) mass is 288 g/mol. The van der Waals surface area contributed by atoms with Crippen molar-refractivity contribution in [3.05, 3.63) is 59.8 Å². The van der Waals surface area contributed by atoms with E-state index in [9.17, 15) is 5.26 Å². The van der Waals surface area contributed by atoms with Crippen LogP contribution in [0.1, 0.15) is 11.1 Å². The van der Waals surface area contributed by atoms with Gasteiger partial charge in [-0.25, -0.2) is 4.98 Å². The summed E-state index contributed by atoms with van der Waals surface area (Å²) in [4.78, 5) is 4.40. The Labute approximate surface area is 129 Å². The number of nitriles is 1. The first kappa shape index (κ1) is 13.9. The van der Waals surface area contributed by atoms with Crippen molar-refractivity contribution in [2.75, 3.05) is 5.73 Å². The smallest absolute Gasteiger partial charge is 0.142 e. The standard InChI is InChI=1S/C18H16N4/c1-12-5-3-6-13(9-12)16-10-14(15(11-19)18(20)21-16)17-7-4-8-22(17)2/h3-10H,1-2H3,(H2,20,21). The largest absolute Gasteiger partial charge is 0.383 e. The molecule has 0 aliphatic rings. The number of aromatic nitrogens is 2. The Balaban J connectivity index is 2.26. The first-order chi connectivity index (χ1) is 10.6. The number of rotatable bonds is 2. The Morgan fingerprint density at radius 1 is 1.18 bits per heavy atom. The van der Waals surface area contributed by atoms with E-state index in [1.165, 1.54) is 0 Å². The van der Waals surface area contributed by atoms with Crippen LogP contribution in [-0.4, -0.2) is 9.55 Å². The maximum atomic E-state index is 9.42. The number of aryl methyl sites for hydroxylation is 2. The Morgan fingerprint density at radius 2 is 2.00 bits per heavy atom. The van der Waals surface area contributed by atoms with Crippen LogP contribution >= 0.6 is 0 Å². The highest BCUT2D eigenvalue weighted by Crippen LogP contribution is 2.31. The summed E-state index contributed by atoms with van der Waals surface area (Å²) >= 11 is 0. The summed E-state index contributed by atoms with van der Waals surface area (Å²) in [6.07, 6.45) is 1.94. The molecule has 0 unspecified atom stereocenters. The van der Waals surface area contributed by atoms with Crippen LogP contribution in [0.5, 0.6) is 0 Å². The lowest BCUT2D eigenvalue weighted by Gasteiger charge is -2.11. The SMILES string of the molecule is Cc1cccc(-c2cc(-c3cccn3C)c(C#N)c(N)n2)c1. The first-order valence-electron chi connectivity index (χ1n) is 6.99. The third-order valence-electron chi connectivity index (χ3n) is 3.69. The van der Waals surface area contributed by atoms with E-state index < -0.39 is 0 Å². The lowest BCUT2D eigenvalue weighted by atomic mass is 10.0. The minimum absolute atomic E-state index is 0.262. The predicted octanol–water partition coefficient (Wildman–Crippen LogP) is 3.52. The van der Waals surface area contributed by atoms with Gasteiger partial charge in [0.25, 0.3) is 0 Å². The maximum Gasteiger partial charge on any atom is 0.142 e. The Kier molecular flexibility index (Phi) is 3.40. The molecular weight excluding hydrogens is 272 g/mol. The highest BCUT2D eigenvalue weighted by Gasteiger charge is 2.15. The normalized spacial score (nSPS) is 10.4. The summed E-state index contributed by atoms with van der Waals surface area (Å²) in [5.41, 5.74) is 11.1. The molecule has 0 bridgehead atoms. The van der Waals surface area contributed by atoms with Crippen LogP contribution in [0.25, 0.3) is 22.5 Å². The Hall–Kier alpha value is -3.06. The average molecular weight is 288 g/mol. The summed E-state index contributed by atoms with van der Waals surface area (Å²) in [7, 11) is 1.94. The van der Waals surface area contributed by atoms with Gasteiger partial charge in [0.15, 0.2) is 0 Å². The third-order valence-corrected chi connectivity index (χ3v) is 3.69. The van der Waals surface area contributed by atoms with E-state index in [4.69, 9.17) is 5.73 Å². The van der Waals surface area contributed by atoms with Gasteiger partial charge in [-0.3, -0.25) is 0 Å². The molecular formula is C18H16N4. The van der Waals surface area contributed by atoms with Gasteiger partial charge in [0.05, 0.1) is 5.69 Å². The molecule has 2 heterocycles. The minimum Gasteiger partial charge on any atom is -0.383 e. The molecule has 4 nitrogen and oxygen atoms in total. The van der Waals surface area contributed by atoms with E-state index in [0.717, 1.165) is 28.1 Å². The number of nitrogens with two attached hydrogens (primary N) is 1. The lowest BCUT2D eigenvalue weighted by Crippen LogP contribution is -2.01. The number of hydrogen-bond acceptors (Lipinski definition) is 3. The minimum atomic E-state index is 0.262. The van der Waals surface area contributed by atoms with Crippen molar-refractivity contribution in [1.82, 2.24) is 9.55 Å². The average Bonchev–Trinajstić information content (AvgIpc) is 2.92. The van der Waals surface area contributed by atoms with Crippen molar-refractivity contribution in [3.63, 3.8) is 0 Å². The van der Waals surface area contributed by atoms with Gasteiger partial charge in [0.1, 0.15) is 17.5 Å². The van der Waals surface area contributed by atoms with E-state index in [1.807, 2.05) is 61.1 Å². The van der Waals surface area contributed by atoms with Gasteiger partial charge in [-0.15, -0.1) is 0 Å². The molecule has 0 fully saturated rings. The van der Waals surface area contributed by atoms with Gasteiger partial charge >= 0.3 is 0 Å². The number of hydrogen-bond donors (Lipinski definition) is 1. The van der Waals surface area contributed by atoms with E-state index in [1.54, 1.807) is 0 Å². The van der Waals surface area contributed by atoms with Crippen molar-refractivity contribution < 1.29 is 0 Å². The molecule has 1 aromatic carbocycles. The number of nitrogens with zero attached hydrogens (tertiary/aromatic N) is 3. The quantitative estimate of drug-likeness (QED) is 0.784. The van der Waals surface area contributed by atoms with Crippen LogP contribution in [0.15, 0.2) is 48.7 Å². The number of pyridine rings is 1. The van der Waals surface area contributed by atoms with E-state index in [0.29, 0.717) is 5.56 Å². The second-order valence-electron chi connectivity index (χ2n) is 5.30. The Morgan fingerprint density at radius 3 is 2.64 bits per heavy atom. The topological polar surface area (TPSA) is 67.6 Å². The summed E-state index contributed by atoms with van der Waals surface area (Å²) in [5.74, 6) is 0.262. The molecule has 0 atom stereocenters. The molecule has 2 aromatic heterocycles. The molecule has 0 aliphatic carbocycles. The fraction of sp³-hybridized carbons (Fsp3) is 0.111. The zero-order valence-corrected chi connectivity index (χ0v) is 12.5. The van der Waals surface area contributed by atoms with Crippen molar-refractivity contribution in [2.45, 2.75) is 6.92 Å². The molecule has 4 heteroatoms. The van der Waals surface area contributed by atoms with Crippen LogP contribution in [-0.2, 0) is 7.05 Å². The predicted molar refractivity (Wildman–Crippen MR) is 87.9 cm³/mol. The molecule has 3 rings (SSSR count).